The molecule has 0 aliphatic heterocycles. The van der Waals surface area contributed by atoms with Crippen molar-refractivity contribution in [2.75, 3.05) is 0 Å². The highest BCUT2D eigenvalue weighted by Gasteiger charge is 2.24. The number of aryl methyl sites for hydroxylation is 1. The SMILES string of the molecule is CC(C)[C@@H](NC(=O)Cn1nc(-c2cccs2)ccc1=O)c1nc2ccccc2n1C. The molecule has 0 aliphatic rings. The number of imidazole rings is 1. The van der Waals surface area contributed by atoms with Gasteiger partial charge in [-0.25, -0.2) is 9.67 Å². The molecule has 1 amide bonds. The summed E-state index contributed by atoms with van der Waals surface area (Å²) in [7, 11) is 1.95. The second-order valence-electron chi connectivity index (χ2n) is 7.50. The molecule has 0 saturated carbocycles. The number of fused-ring (bicyclic) bond motifs is 1. The van der Waals surface area contributed by atoms with Gasteiger partial charge in [0.05, 0.1) is 22.0 Å². The van der Waals surface area contributed by atoms with Crippen molar-refractivity contribution in [3.63, 3.8) is 0 Å². The van der Waals surface area contributed by atoms with Gasteiger partial charge in [0, 0.05) is 13.1 Å². The summed E-state index contributed by atoms with van der Waals surface area (Å²) < 4.78 is 3.21. The Kier molecular flexibility index (Phi) is 5.50. The van der Waals surface area contributed by atoms with E-state index in [1.54, 1.807) is 6.07 Å². The Labute approximate surface area is 178 Å². The van der Waals surface area contributed by atoms with Crippen LogP contribution in [0.1, 0.15) is 25.7 Å². The van der Waals surface area contributed by atoms with Gasteiger partial charge < -0.3 is 9.88 Å². The number of hydrogen-bond acceptors (Lipinski definition) is 5. The van der Waals surface area contributed by atoms with Crippen LogP contribution in [0.3, 0.4) is 0 Å². The number of aromatic nitrogens is 4. The van der Waals surface area contributed by atoms with E-state index < -0.39 is 0 Å². The molecular weight excluding hydrogens is 398 g/mol. The van der Waals surface area contributed by atoms with Gasteiger partial charge in [0.1, 0.15) is 18.1 Å². The van der Waals surface area contributed by atoms with Crippen molar-refractivity contribution in [3.05, 3.63) is 70.1 Å². The monoisotopic (exact) mass is 421 g/mol. The number of amides is 1. The largest absolute Gasteiger partial charge is 0.344 e. The number of carbonyl (C=O) groups is 1. The second kappa shape index (κ2) is 8.23. The summed E-state index contributed by atoms with van der Waals surface area (Å²) in [6.07, 6.45) is 0. The molecule has 0 fully saturated rings. The molecule has 3 aromatic heterocycles. The number of nitrogens with zero attached hydrogens (tertiary/aromatic N) is 4. The third kappa shape index (κ3) is 3.91. The van der Waals surface area contributed by atoms with E-state index >= 15 is 0 Å². The van der Waals surface area contributed by atoms with E-state index in [0.717, 1.165) is 21.7 Å². The zero-order valence-electron chi connectivity index (χ0n) is 17.1. The van der Waals surface area contributed by atoms with Crippen LogP contribution in [-0.2, 0) is 18.4 Å². The fourth-order valence-electron chi connectivity index (χ4n) is 3.44. The van der Waals surface area contributed by atoms with Gasteiger partial charge in [-0.15, -0.1) is 11.3 Å². The number of thiophene rings is 1. The van der Waals surface area contributed by atoms with Gasteiger partial charge in [-0.3, -0.25) is 9.59 Å². The third-order valence-electron chi connectivity index (χ3n) is 5.02. The first kappa shape index (κ1) is 20.0. The summed E-state index contributed by atoms with van der Waals surface area (Å²) in [6.45, 7) is 3.92. The van der Waals surface area contributed by atoms with Gasteiger partial charge >= 0.3 is 0 Å². The number of hydrogen-bond donors (Lipinski definition) is 1. The number of carbonyl (C=O) groups excluding carboxylic acids is 1. The molecule has 1 atom stereocenters. The molecule has 8 heteroatoms. The number of nitrogens with one attached hydrogen (secondary N) is 1. The van der Waals surface area contributed by atoms with Crippen LogP contribution in [-0.4, -0.2) is 25.2 Å². The van der Waals surface area contributed by atoms with Crippen molar-refractivity contribution in [1.29, 1.82) is 0 Å². The second-order valence-corrected chi connectivity index (χ2v) is 8.45. The minimum atomic E-state index is -0.311. The summed E-state index contributed by atoms with van der Waals surface area (Å²) in [5.74, 6) is 0.623. The predicted octanol–water partition coefficient (Wildman–Crippen LogP) is 3.37. The molecule has 7 nitrogen and oxygen atoms in total. The van der Waals surface area contributed by atoms with Gasteiger partial charge in [-0.05, 0) is 35.6 Å². The Morgan fingerprint density at radius 2 is 1.93 bits per heavy atom. The topological polar surface area (TPSA) is 81.8 Å². The number of benzene rings is 1. The molecule has 0 aliphatic carbocycles. The fraction of sp³-hybridized carbons (Fsp3) is 0.273. The van der Waals surface area contributed by atoms with E-state index in [9.17, 15) is 9.59 Å². The van der Waals surface area contributed by atoms with Crippen LogP contribution in [0.15, 0.2) is 58.7 Å². The predicted molar refractivity (Wildman–Crippen MR) is 118 cm³/mol. The standard InChI is InChI=1S/C22H23N5O2S/c1-14(2)21(22-23-15-7-4-5-8-17(15)26(22)3)24-19(28)13-27-20(29)11-10-16(25-27)18-9-6-12-30-18/h4-12,14,21H,13H2,1-3H3,(H,24,28)/t21-/m1/s1. The van der Waals surface area contributed by atoms with Crippen molar-refractivity contribution < 1.29 is 4.79 Å². The van der Waals surface area contributed by atoms with E-state index in [1.165, 1.54) is 22.1 Å². The lowest BCUT2D eigenvalue weighted by Gasteiger charge is -2.22. The van der Waals surface area contributed by atoms with Gasteiger partial charge in [-0.2, -0.15) is 5.10 Å². The zero-order chi connectivity index (χ0) is 21.3. The van der Waals surface area contributed by atoms with Gasteiger partial charge in [0.25, 0.3) is 5.56 Å². The lowest BCUT2D eigenvalue weighted by Crippen LogP contribution is -2.38. The molecule has 0 saturated heterocycles. The Balaban J connectivity index is 1.58. The highest BCUT2D eigenvalue weighted by atomic mass is 32.1. The number of para-hydroxylation sites is 2. The van der Waals surface area contributed by atoms with Crippen LogP contribution in [0.2, 0.25) is 0 Å². The van der Waals surface area contributed by atoms with E-state index in [-0.39, 0.29) is 30.0 Å². The van der Waals surface area contributed by atoms with Crippen molar-refractivity contribution >= 4 is 28.3 Å². The van der Waals surface area contributed by atoms with Gasteiger partial charge in [-0.1, -0.05) is 32.0 Å². The Morgan fingerprint density at radius 3 is 2.63 bits per heavy atom. The van der Waals surface area contributed by atoms with Crippen LogP contribution in [0, 0.1) is 5.92 Å². The van der Waals surface area contributed by atoms with Crippen LogP contribution in [0.4, 0.5) is 0 Å². The smallest absolute Gasteiger partial charge is 0.267 e. The molecule has 0 unspecified atom stereocenters. The summed E-state index contributed by atoms with van der Waals surface area (Å²) in [5.41, 5.74) is 2.26. The molecule has 0 spiro atoms. The fourth-order valence-corrected chi connectivity index (χ4v) is 4.14. The molecule has 1 N–H and O–H groups in total. The summed E-state index contributed by atoms with van der Waals surface area (Å²) in [5, 5.41) is 9.36. The van der Waals surface area contributed by atoms with Crippen LogP contribution < -0.4 is 10.9 Å². The molecular formula is C22H23N5O2S. The molecule has 3 heterocycles. The minimum absolute atomic E-state index is 0.117. The average molecular weight is 422 g/mol. The van der Waals surface area contributed by atoms with Crippen molar-refractivity contribution in [2.24, 2.45) is 13.0 Å². The van der Waals surface area contributed by atoms with Crippen LogP contribution in [0.25, 0.3) is 21.6 Å². The first-order valence-corrected chi connectivity index (χ1v) is 10.6. The average Bonchev–Trinajstić information content (AvgIpc) is 3.37. The van der Waals surface area contributed by atoms with Gasteiger partial charge in [0.2, 0.25) is 5.91 Å². The maximum Gasteiger partial charge on any atom is 0.267 e. The Hall–Kier alpha value is -3.26. The first-order chi connectivity index (χ1) is 14.4. The lowest BCUT2D eigenvalue weighted by atomic mass is 10.0. The lowest BCUT2D eigenvalue weighted by molar-refractivity contribution is -0.123. The molecule has 30 heavy (non-hydrogen) atoms. The molecule has 154 valence electrons. The van der Waals surface area contributed by atoms with E-state index in [4.69, 9.17) is 4.98 Å². The maximum atomic E-state index is 12.8. The quantitative estimate of drug-likeness (QED) is 0.518. The highest BCUT2D eigenvalue weighted by molar-refractivity contribution is 7.13. The first-order valence-electron chi connectivity index (χ1n) is 9.77. The van der Waals surface area contributed by atoms with Crippen LogP contribution >= 0.6 is 11.3 Å². The van der Waals surface area contributed by atoms with Gasteiger partial charge in [0.15, 0.2) is 0 Å². The highest BCUT2D eigenvalue weighted by Crippen LogP contribution is 2.25. The van der Waals surface area contributed by atoms with Crippen molar-refractivity contribution in [1.82, 2.24) is 24.6 Å². The Morgan fingerprint density at radius 1 is 1.13 bits per heavy atom. The summed E-state index contributed by atoms with van der Waals surface area (Å²) >= 11 is 1.54. The van der Waals surface area contributed by atoms with E-state index in [1.807, 2.05) is 67.2 Å². The molecule has 0 bridgehead atoms. The van der Waals surface area contributed by atoms with E-state index in [0.29, 0.717) is 5.69 Å². The summed E-state index contributed by atoms with van der Waals surface area (Å²) in [6, 6.07) is 14.6. The molecule has 1 aromatic carbocycles. The van der Waals surface area contributed by atoms with Crippen LogP contribution in [0.5, 0.6) is 0 Å². The number of rotatable bonds is 6. The Bertz CT molecular complexity index is 1240. The molecule has 4 rings (SSSR count). The van der Waals surface area contributed by atoms with Crippen molar-refractivity contribution in [3.8, 4) is 10.6 Å². The zero-order valence-corrected chi connectivity index (χ0v) is 17.9. The van der Waals surface area contributed by atoms with Crippen molar-refractivity contribution in [2.45, 2.75) is 26.4 Å². The van der Waals surface area contributed by atoms with E-state index in [2.05, 4.69) is 10.4 Å². The maximum absolute atomic E-state index is 12.8. The molecule has 0 radical (unpaired) electrons. The normalized spacial score (nSPS) is 12.4. The third-order valence-corrected chi connectivity index (χ3v) is 5.91. The minimum Gasteiger partial charge on any atom is -0.344 e. The molecule has 4 aromatic rings. The summed E-state index contributed by atoms with van der Waals surface area (Å²) in [4.78, 5) is 30.7.